The molecule has 0 atom stereocenters. The normalized spacial score (nSPS) is 10.3. The summed E-state index contributed by atoms with van der Waals surface area (Å²) in [5.74, 6) is 0.146. The Kier molecular flexibility index (Phi) is 3.00. The predicted molar refractivity (Wildman–Crippen MR) is 55.7 cm³/mol. The van der Waals surface area contributed by atoms with Crippen LogP contribution in [0.15, 0.2) is 35.9 Å². The minimum Gasteiger partial charge on any atom is -0.234 e. The van der Waals surface area contributed by atoms with Gasteiger partial charge in [-0.1, -0.05) is 5.18 Å². The minimum absolute atomic E-state index is 0.225. The van der Waals surface area contributed by atoms with Gasteiger partial charge >= 0.3 is 0 Å². The van der Waals surface area contributed by atoms with Crippen LogP contribution >= 0.6 is 0 Å². The Balaban J connectivity index is 2.17. The van der Waals surface area contributed by atoms with Gasteiger partial charge in [-0.05, 0) is 24.1 Å². The average molecular weight is 220 g/mol. The van der Waals surface area contributed by atoms with Gasteiger partial charge in [-0.2, -0.15) is 10.0 Å². The Morgan fingerprint density at radius 2 is 2.25 bits per heavy atom. The van der Waals surface area contributed by atoms with Gasteiger partial charge in [-0.3, -0.25) is 0 Å². The molecule has 0 spiro atoms. The summed E-state index contributed by atoms with van der Waals surface area (Å²) in [7, 11) is 0. The Morgan fingerprint density at radius 1 is 1.38 bits per heavy atom. The summed E-state index contributed by atoms with van der Waals surface area (Å²) in [5.41, 5.74) is 0.894. The van der Waals surface area contributed by atoms with Crippen LogP contribution in [0.4, 0.5) is 4.39 Å². The molecular formula is C10H9FN4O. The lowest BCUT2D eigenvalue weighted by atomic mass is 10.3. The van der Waals surface area contributed by atoms with Gasteiger partial charge in [0.25, 0.3) is 0 Å². The lowest BCUT2D eigenvalue weighted by molar-refractivity contribution is 0.619. The third-order valence-corrected chi connectivity index (χ3v) is 2.07. The topological polar surface area (TPSA) is 60.1 Å². The number of halogens is 1. The van der Waals surface area contributed by atoms with Crippen molar-refractivity contribution in [1.82, 2.24) is 14.8 Å². The van der Waals surface area contributed by atoms with Crippen LogP contribution in [0.2, 0.25) is 0 Å². The van der Waals surface area contributed by atoms with Crippen LogP contribution in [0.5, 0.6) is 0 Å². The molecule has 2 heterocycles. The molecule has 82 valence electrons. The standard InChI is InChI=1S/C10H9FN4O/c11-9-1-2-10(12-6-9)15-7-8(5-13-15)3-4-14-16/h1-2,5-7H,3-4H2. The summed E-state index contributed by atoms with van der Waals surface area (Å²) in [4.78, 5) is 13.8. The molecule has 0 saturated heterocycles. The molecule has 0 saturated carbocycles. The number of hydrogen-bond acceptors (Lipinski definition) is 4. The number of pyridine rings is 1. The largest absolute Gasteiger partial charge is 0.234 e. The molecule has 0 unspecified atom stereocenters. The summed E-state index contributed by atoms with van der Waals surface area (Å²) in [5, 5.41) is 6.83. The van der Waals surface area contributed by atoms with Crippen LogP contribution in [-0.4, -0.2) is 21.3 Å². The van der Waals surface area contributed by atoms with E-state index in [0.29, 0.717) is 12.2 Å². The van der Waals surface area contributed by atoms with Crippen molar-refractivity contribution in [2.75, 3.05) is 6.54 Å². The summed E-state index contributed by atoms with van der Waals surface area (Å²) in [6.07, 6.45) is 5.05. The molecule has 0 aliphatic heterocycles. The van der Waals surface area contributed by atoms with E-state index in [4.69, 9.17) is 0 Å². The zero-order chi connectivity index (χ0) is 11.4. The lowest BCUT2D eigenvalue weighted by Gasteiger charge is -1.98. The van der Waals surface area contributed by atoms with Crippen molar-refractivity contribution in [1.29, 1.82) is 0 Å². The first-order valence-electron chi connectivity index (χ1n) is 4.74. The fourth-order valence-corrected chi connectivity index (χ4v) is 1.29. The van der Waals surface area contributed by atoms with Crippen LogP contribution in [0.1, 0.15) is 5.56 Å². The van der Waals surface area contributed by atoms with E-state index >= 15 is 0 Å². The number of aromatic nitrogens is 3. The Bertz CT molecular complexity index is 480. The molecule has 0 aliphatic carbocycles. The van der Waals surface area contributed by atoms with Crippen LogP contribution in [0.25, 0.3) is 5.82 Å². The second-order valence-electron chi connectivity index (χ2n) is 3.23. The minimum atomic E-state index is -0.388. The highest BCUT2D eigenvalue weighted by atomic mass is 19.1. The summed E-state index contributed by atoms with van der Waals surface area (Å²) in [6, 6.07) is 2.85. The van der Waals surface area contributed by atoms with E-state index in [2.05, 4.69) is 15.3 Å². The molecule has 0 amide bonds. The third kappa shape index (κ3) is 2.28. The van der Waals surface area contributed by atoms with E-state index < -0.39 is 0 Å². The number of hydrogen-bond donors (Lipinski definition) is 0. The van der Waals surface area contributed by atoms with Gasteiger partial charge in [0.1, 0.15) is 5.82 Å². The van der Waals surface area contributed by atoms with Gasteiger partial charge in [0.05, 0.1) is 18.9 Å². The average Bonchev–Trinajstić information content (AvgIpc) is 2.76. The van der Waals surface area contributed by atoms with Gasteiger partial charge in [0, 0.05) is 6.20 Å². The molecule has 5 nitrogen and oxygen atoms in total. The number of rotatable bonds is 4. The van der Waals surface area contributed by atoms with E-state index in [9.17, 15) is 9.30 Å². The summed E-state index contributed by atoms with van der Waals surface area (Å²) < 4.78 is 14.2. The zero-order valence-corrected chi connectivity index (χ0v) is 8.38. The molecule has 0 N–H and O–H groups in total. The molecule has 2 rings (SSSR count). The highest BCUT2D eigenvalue weighted by molar-refractivity contribution is 5.22. The molecule has 0 aliphatic rings. The van der Waals surface area contributed by atoms with E-state index in [1.807, 2.05) is 0 Å². The van der Waals surface area contributed by atoms with E-state index in [0.717, 1.165) is 11.8 Å². The maximum atomic E-state index is 12.6. The molecule has 0 radical (unpaired) electrons. The van der Waals surface area contributed by atoms with E-state index in [-0.39, 0.29) is 12.4 Å². The first kappa shape index (κ1) is 10.4. The van der Waals surface area contributed by atoms with Crippen molar-refractivity contribution in [3.63, 3.8) is 0 Å². The summed E-state index contributed by atoms with van der Waals surface area (Å²) in [6.45, 7) is 0.225. The Labute approximate surface area is 90.9 Å². The Hall–Kier alpha value is -2.11. The van der Waals surface area contributed by atoms with Crippen LogP contribution in [-0.2, 0) is 6.42 Å². The molecular weight excluding hydrogens is 211 g/mol. The van der Waals surface area contributed by atoms with Gasteiger partial charge in [0.2, 0.25) is 0 Å². The van der Waals surface area contributed by atoms with E-state index in [1.54, 1.807) is 12.4 Å². The van der Waals surface area contributed by atoms with Gasteiger partial charge in [-0.25, -0.2) is 14.1 Å². The maximum Gasteiger partial charge on any atom is 0.153 e. The van der Waals surface area contributed by atoms with Crippen molar-refractivity contribution in [2.24, 2.45) is 5.18 Å². The molecule has 16 heavy (non-hydrogen) atoms. The highest BCUT2D eigenvalue weighted by Crippen LogP contribution is 2.06. The smallest absolute Gasteiger partial charge is 0.153 e. The second kappa shape index (κ2) is 4.61. The van der Waals surface area contributed by atoms with Gasteiger partial charge < -0.3 is 0 Å². The molecule has 0 bridgehead atoms. The van der Waals surface area contributed by atoms with Gasteiger partial charge in [-0.15, -0.1) is 0 Å². The van der Waals surface area contributed by atoms with Crippen LogP contribution in [0, 0.1) is 10.7 Å². The predicted octanol–water partition coefficient (Wildman–Crippen LogP) is 1.72. The summed E-state index contributed by atoms with van der Waals surface area (Å²) >= 11 is 0. The maximum absolute atomic E-state index is 12.6. The van der Waals surface area contributed by atoms with Crippen molar-refractivity contribution in [2.45, 2.75) is 6.42 Å². The molecule has 0 aromatic carbocycles. The molecule has 0 fully saturated rings. The highest BCUT2D eigenvalue weighted by Gasteiger charge is 2.02. The number of nitroso groups, excluding NO2 is 1. The fraction of sp³-hybridized carbons (Fsp3) is 0.200. The monoisotopic (exact) mass is 220 g/mol. The SMILES string of the molecule is O=NCCc1cnn(-c2ccc(F)cn2)c1. The quantitative estimate of drug-likeness (QED) is 0.737. The lowest BCUT2D eigenvalue weighted by Crippen LogP contribution is -1.97. The van der Waals surface area contributed by atoms with E-state index in [1.165, 1.54) is 16.8 Å². The van der Waals surface area contributed by atoms with Crippen molar-refractivity contribution >= 4 is 0 Å². The first-order valence-corrected chi connectivity index (χ1v) is 4.74. The van der Waals surface area contributed by atoms with Crippen LogP contribution < -0.4 is 0 Å². The molecule has 6 heteroatoms. The number of nitrogens with zero attached hydrogens (tertiary/aromatic N) is 4. The fourth-order valence-electron chi connectivity index (χ4n) is 1.29. The third-order valence-electron chi connectivity index (χ3n) is 2.07. The van der Waals surface area contributed by atoms with Gasteiger partial charge in [0.15, 0.2) is 5.82 Å². The van der Waals surface area contributed by atoms with Crippen molar-refractivity contribution < 1.29 is 4.39 Å². The van der Waals surface area contributed by atoms with Crippen LogP contribution in [0.3, 0.4) is 0 Å². The molecule has 2 aromatic rings. The Morgan fingerprint density at radius 3 is 2.94 bits per heavy atom. The van der Waals surface area contributed by atoms with Crippen molar-refractivity contribution in [3.8, 4) is 5.82 Å². The molecule has 2 aromatic heterocycles. The first-order chi connectivity index (χ1) is 7.79. The van der Waals surface area contributed by atoms with Crippen molar-refractivity contribution in [3.05, 3.63) is 47.0 Å². The zero-order valence-electron chi connectivity index (χ0n) is 8.38. The second-order valence-corrected chi connectivity index (χ2v) is 3.23.